The van der Waals surface area contributed by atoms with E-state index >= 15 is 0 Å². The van der Waals surface area contributed by atoms with Gasteiger partial charge in [0.2, 0.25) is 5.91 Å². The molecule has 0 unspecified atom stereocenters. The van der Waals surface area contributed by atoms with Crippen LogP contribution in [0.1, 0.15) is 30.5 Å². The van der Waals surface area contributed by atoms with E-state index in [1.165, 1.54) is 26.7 Å². The van der Waals surface area contributed by atoms with E-state index < -0.39 is 0 Å². The number of hydrogen-bond acceptors (Lipinski definition) is 7. The third kappa shape index (κ3) is 5.12. The van der Waals surface area contributed by atoms with Crippen molar-refractivity contribution in [1.82, 2.24) is 24.3 Å². The molecule has 3 aliphatic rings. The van der Waals surface area contributed by atoms with E-state index in [4.69, 9.17) is 9.97 Å². The first-order valence-electron chi connectivity index (χ1n) is 14.0. The number of amides is 1. The summed E-state index contributed by atoms with van der Waals surface area (Å²) >= 11 is 3.05. The van der Waals surface area contributed by atoms with Gasteiger partial charge >= 0.3 is 0 Å². The third-order valence-electron chi connectivity index (χ3n) is 7.46. The van der Waals surface area contributed by atoms with Crippen molar-refractivity contribution >= 4 is 44.9 Å². The van der Waals surface area contributed by atoms with E-state index in [9.17, 15) is 9.59 Å². The molecule has 0 radical (unpaired) electrons. The van der Waals surface area contributed by atoms with Gasteiger partial charge in [-0.1, -0.05) is 42.4 Å². The molecule has 3 aromatic carbocycles. The topological polar surface area (TPSA) is 94.7 Å². The average Bonchev–Trinajstić information content (AvgIpc) is 3.47. The highest BCUT2D eigenvalue weighted by atomic mass is 32.2. The monoisotopic (exact) mass is 592 g/mol. The summed E-state index contributed by atoms with van der Waals surface area (Å²) in [6.45, 7) is 2.85. The minimum Gasteiger partial charge on any atom is -0.325 e. The van der Waals surface area contributed by atoms with E-state index in [1.54, 1.807) is 11.3 Å². The number of hydrogen-bond donors (Lipinski definition) is 1. The Kier molecular flexibility index (Phi) is 7.09. The number of aromatic nitrogens is 5. The molecule has 0 saturated heterocycles. The van der Waals surface area contributed by atoms with Gasteiger partial charge in [-0.25, -0.2) is 9.97 Å². The predicted octanol–water partition coefficient (Wildman–Crippen LogP) is 6.58. The fraction of sp³-hybridized carbons (Fsp3) is 0.219. The minimum atomic E-state index is -0.145. The molecule has 1 N–H and O–H groups in total. The molecular weight excluding hydrogens is 565 g/mol. The highest BCUT2D eigenvalue weighted by Gasteiger charge is 2.27. The number of nitrogens with zero attached hydrogens (tertiary/aromatic N) is 5. The number of nitrogens with one attached hydrogen (secondary N) is 1. The van der Waals surface area contributed by atoms with Crippen molar-refractivity contribution in [2.75, 3.05) is 11.1 Å². The Labute approximate surface area is 250 Å². The summed E-state index contributed by atoms with van der Waals surface area (Å²) in [6.07, 6.45) is 3.88. The summed E-state index contributed by atoms with van der Waals surface area (Å²) in [4.78, 5) is 36.0. The lowest BCUT2D eigenvalue weighted by Crippen LogP contribution is -2.20. The molecule has 0 bridgehead atoms. The predicted molar refractivity (Wildman–Crippen MR) is 169 cm³/mol. The van der Waals surface area contributed by atoms with Crippen LogP contribution in [0, 0.1) is 6.92 Å². The van der Waals surface area contributed by atoms with Crippen LogP contribution in [0.25, 0.3) is 37.9 Å². The Hall–Kier alpha value is -4.28. The molecule has 0 atom stereocenters. The summed E-state index contributed by atoms with van der Waals surface area (Å²) in [5.41, 5.74) is 6.08. The molecule has 0 aliphatic carbocycles. The highest BCUT2D eigenvalue weighted by molar-refractivity contribution is 7.99. The van der Waals surface area contributed by atoms with E-state index in [1.807, 2.05) is 54.6 Å². The quantitative estimate of drug-likeness (QED) is 0.174. The number of fused-ring (bicyclic) bond motifs is 4. The zero-order valence-electron chi connectivity index (χ0n) is 23.0. The molecule has 3 aliphatic heterocycles. The van der Waals surface area contributed by atoms with Crippen LogP contribution in [0.5, 0.6) is 0 Å². The molecule has 42 heavy (non-hydrogen) atoms. The molecule has 7 rings (SSSR count). The molecule has 210 valence electrons. The van der Waals surface area contributed by atoms with Crippen molar-refractivity contribution < 1.29 is 4.79 Å². The molecule has 4 heterocycles. The number of carbonyl (C=O) groups excluding carboxylic acids is 1. The first kappa shape index (κ1) is 26.6. The van der Waals surface area contributed by atoms with Crippen molar-refractivity contribution in [3.63, 3.8) is 0 Å². The van der Waals surface area contributed by atoms with E-state index in [0.29, 0.717) is 22.2 Å². The van der Waals surface area contributed by atoms with Crippen LogP contribution < -0.4 is 10.9 Å². The van der Waals surface area contributed by atoms with Gasteiger partial charge in [-0.05, 0) is 80.3 Å². The van der Waals surface area contributed by atoms with Gasteiger partial charge in [0.05, 0.1) is 21.7 Å². The zero-order valence-corrected chi connectivity index (χ0v) is 24.7. The molecule has 0 spiro atoms. The minimum absolute atomic E-state index is 0.118. The van der Waals surface area contributed by atoms with Crippen LogP contribution in [-0.2, 0) is 17.8 Å². The van der Waals surface area contributed by atoms with Gasteiger partial charge in [0, 0.05) is 23.5 Å². The van der Waals surface area contributed by atoms with Gasteiger partial charge in [0.25, 0.3) is 5.56 Å². The van der Waals surface area contributed by atoms with Crippen LogP contribution >= 0.6 is 23.1 Å². The second kappa shape index (κ2) is 11.2. The largest absolute Gasteiger partial charge is 0.325 e. The zero-order chi connectivity index (χ0) is 28.6. The van der Waals surface area contributed by atoms with Crippen LogP contribution in [0.3, 0.4) is 0 Å². The smallest absolute Gasteiger partial charge is 0.284 e. The van der Waals surface area contributed by atoms with Gasteiger partial charge in [-0.3, -0.25) is 9.59 Å². The molecule has 8 nitrogen and oxygen atoms in total. The molecule has 4 aromatic rings. The number of thioether (sulfide) groups is 1. The fourth-order valence-corrected chi connectivity index (χ4v) is 7.30. The summed E-state index contributed by atoms with van der Waals surface area (Å²) in [5, 5.41) is 9.27. The Bertz CT molecular complexity index is 1940. The van der Waals surface area contributed by atoms with Crippen LogP contribution in [-0.4, -0.2) is 36.0 Å². The number of aryl methyl sites for hydroxylation is 1. The lowest BCUT2D eigenvalue weighted by atomic mass is 10.1. The normalized spacial score (nSPS) is 13.3. The third-order valence-corrected chi connectivity index (χ3v) is 9.50. The summed E-state index contributed by atoms with van der Waals surface area (Å²) in [5.74, 6) is 0.508. The maximum Gasteiger partial charge on any atom is 0.284 e. The highest BCUT2D eigenvalue weighted by Crippen LogP contribution is 2.32. The van der Waals surface area contributed by atoms with E-state index in [-0.39, 0.29) is 17.2 Å². The summed E-state index contributed by atoms with van der Waals surface area (Å²) in [7, 11) is 0. The van der Waals surface area contributed by atoms with Gasteiger partial charge < -0.3 is 9.88 Å². The second-order valence-corrected chi connectivity index (χ2v) is 12.4. The maximum absolute atomic E-state index is 13.4. The van der Waals surface area contributed by atoms with Gasteiger partial charge in [0.15, 0.2) is 11.0 Å². The first-order chi connectivity index (χ1) is 20.5. The number of thiazole rings is 1. The Morgan fingerprint density at radius 1 is 1.00 bits per heavy atom. The molecule has 0 saturated carbocycles. The molecule has 1 amide bonds. The molecule has 0 fully saturated rings. The summed E-state index contributed by atoms with van der Waals surface area (Å²) < 4.78 is 4.73. The lowest BCUT2D eigenvalue weighted by molar-refractivity contribution is -0.113. The van der Waals surface area contributed by atoms with Crippen molar-refractivity contribution in [2.45, 2.75) is 44.3 Å². The number of benzene rings is 3. The molecule has 1 aromatic heterocycles. The van der Waals surface area contributed by atoms with Gasteiger partial charge in [0.1, 0.15) is 10.6 Å². The van der Waals surface area contributed by atoms with Crippen molar-refractivity contribution in [3.8, 4) is 27.6 Å². The lowest BCUT2D eigenvalue weighted by Gasteiger charge is -2.17. The standard InChI is InChI=1S/C32H28N6O2S2/c1-20-11-16-24-26(18-20)42-30(34-24)21-12-14-22(15-13-21)33-27(39)19-41-32-35-29-28(25-10-6-3-7-17-37(25)32)31(40)38(36-29)23-8-4-2-5-9-23/h2,4-5,8-9,11-16,18H,3,6-7,10,17,19H2,1H3,(H,33,39). The van der Waals surface area contributed by atoms with Crippen molar-refractivity contribution in [2.24, 2.45) is 0 Å². The van der Waals surface area contributed by atoms with Crippen molar-refractivity contribution in [3.05, 3.63) is 94.4 Å². The van der Waals surface area contributed by atoms with Crippen LogP contribution in [0.4, 0.5) is 5.69 Å². The maximum atomic E-state index is 13.4. The molecule has 10 heteroatoms. The Morgan fingerprint density at radius 2 is 1.83 bits per heavy atom. The molecular formula is C32H28N6O2S2. The first-order valence-corrected chi connectivity index (χ1v) is 15.8. The van der Waals surface area contributed by atoms with Gasteiger partial charge in [-0.15, -0.1) is 16.4 Å². The second-order valence-electron chi connectivity index (χ2n) is 10.5. The summed E-state index contributed by atoms with van der Waals surface area (Å²) in [6, 6.07) is 23.5. The van der Waals surface area contributed by atoms with Crippen LogP contribution in [0.2, 0.25) is 0 Å². The fourth-order valence-electron chi connectivity index (χ4n) is 5.39. The number of rotatable bonds is 6. The van der Waals surface area contributed by atoms with Crippen LogP contribution in [0.15, 0.2) is 82.7 Å². The Morgan fingerprint density at radius 3 is 2.67 bits per heavy atom. The number of carbonyl (C=O) groups is 1. The van der Waals surface area contributed by atoms with Gasteiger partial charge in [-0.2, -0.15) is 4.68 Å². The van der Waals surface area contributed by atoms with Crippen molar-refractivity contribution in [1.29, 1.82) is 0 Å². The number of para-hydroxylation sites is 1. The number of anilines is 1. The Balaban J connectivity index is 1.10. The average molecular weight is 593 g/mol. The van der Waals surface area contributed by atoms with E-state index in [0.717, 1.165) is 59.7 Å². The SMILES string of the molecule is Cc1ccc2nc(-c3ccc(NC(=O)CSc4nc5nn(-c6ccccc6)c(=O)c-5c5n4CCCCC5)cc3)sc2c1. The van der Waals surface area contributed by atoms with E-state index in [2.05, 4.69) is 40.1 Å².